The van der Waals surface area contributed by atoms with Crippen molar-refractivity contribution in [2.45, 2.75) is 52.2 Å². The number of hydrogen-bond acceptors (Lipinski definition) is 5. The predicted octanol–water partition coefficient (Wildman–Crippen LogP) is 5.32. The molecule has 1 aliphatic heterocycles. The molecule has 1 fully saturated rings. The summed E-state index contributed by atoms with van der Waals surface area (Å²) in [6, 6.07) is 19.3. The van der Waals surface area contributed by atoms with E-state index in [2.05, 4.69) is 77.6 Å². The van der Waals surface area contributed by atoms with Gasteiger partial charge in [0.25, 0.3) is 0 Å². The molecule has 2 aromatic heterocycles. The van der Waals surface area contributed by atoms with E-state index in [0.717, 1.165) is 61.6 Å². The smallest absolute Gasteiger partial charge is 0.154 e. The fourth-order valence-corrected chi connectivity index (χ4v) is 4.88. The lowest BCUT2D eigenvalue weighted by Crippen LogP contribution is -2.35. The van der Waals surface area contributed by atoms with Crippen molar-refractivity contribution in [1.29, 1.82) is 0 Å². The minimum atomic E-state index is -0.155. The number of aromatic amines is 1. The Labute approximate surface area is 207 Å². The maximum Gasteiger partial charge on any atom is 0.154 e. The maximum atomic E-state index is 9.77. The number of H-pyrrole nitrogens is 1. The number of anilines is 2. The van der Waals surface area contributed by atoms with Gasteiger partial charge in [0.15, 0.2) is 5.82 Å². The molecule has 0 unspecified atom stereocenters. The lowest BCUT2D eigenvalue weighted by atomic mass is 9.98. The average molecular weight is 470 g/mol. The van der Waals surface area contributed by atoms with Crippen LogP contribution in [0.2, 0.25) is 0 Å². The van der Waals surface area contributed by atoms with Crippen molar-refractivity contribution in [2.24, 2.45) is 5.92 Å². The largest absolute Gasteiger partial charge is 0.393 e. The minimum absolute atomic E-state index is 0.155. The first-order valence-electron chi connectivity index (χ1n) is 12.7. The molecule has 0 amide bonds. The normalized spacial score (nSPS) is 14.7. The van der Waals surface area contributed by atoms with Gasteiger partial charge in [-0.3, -0.25) is 0 Å². The molecule has 0 spiro atoms. The molecule has 6 nitrogen and oxygen atoms in total. The Kier molecular flexibility index (Phi) is 7.00. The molecule has 0 radical (unpaired) electrons. The summed E-state index contributed by atoms with van der Waals surface area (Å²) in [6.45, 7) is 7.05. The van der Waals surface area contributed by atoms with Crippen LogP contribution in [0.5, 0.6) is 0 Å². The molecule has 0 atom stereocenters. The molecule has 0 saturated carbocycles. The highest BCUT2D eigenvalue weighted by molar-refractivity contribution is 5.85. The van der Waals surface area contributed by atoms with Gasteiger partial charge in [-0.15, -0.1) is 0 Å². The molecule has 6 heteroatoms. The van der Waals surface area contributed by atoms with Crippen molar-refractivity contribution in [3.8, 4) is 0 Å². The predicted molar refractivity (Wildman–Crippen MR) is 143 cm³/mol. The van der Waals surface area contributed by atoms with Gasteiger partial charge in [0.1, 0.15) is 11.3 Å². The molecule has 3 N–H and O–H groups in total. The second-order valence-corrected chi connectivity index (χ2v) is 10.0. The number of aromatic nitrogens is 3. The zero-order valence-electron chi connectivity index (χ0n) is 20.7. The lowest BCUT2D eigenvalue weighted by Gasteiger charge is -2.31. The zero-order valence-corrected chi connectivity index (χ0v) is 20.7. The van der Waals surface area contributed by atoms with Gasteiger partial charge in [0, 0.05) is 37.9 Å². The number of hydrogen-bond donors (Lipinski definition) is 3. The number of nitrogens with one attached hydrogen (secondary N) is 2. The first-order chi connectivity index (χ1) is 17.0. The topological polar surface area (TPSA) is 77.1 Å². The van der Waals surface area contributed by atoms with Gasteiger partial charge in [-0.05, 0) is 60.1 Å². The van der Waals surface area contributed by atoms with E-state index >= 15 is 0 Å². The summed E-state index contributed by atoms with van der Waals surface area (Å²) >= 11 is 0. The van der Waals surface area contributed by atoms with E-state index in [9.17, 15) is 5.11 Å². The molecule has 0 bridgehead atoms. The number of aliphatic hydroxyl groups is 1. The van der Waals surface area contributed by atoms with Gasteiger partial charge in [0.2, 0.25) is 0 Å². The second-order valence-electron chi connectivity index (χ2n) is 10.0. The molecular weight excluding hydrogens is 434 g/mol. The summed E-state index contributed by atoms with van der Waals surface area (Å²) in [5.74, 6) is 2.27. The summed E-state index contributed by atoms with van der Waals surface area (Å²) in [4.78, 5) is 15.3. The van der Waals surface area contributed by atoms with Gasteiger partial charge in [0.05, 0.1) is 11.6 Å². The highest BCUT2D eigenvalue weighted by atomic mass is 16.3. The monoisotopic (exact) mass is 469 g/mol. The van der Waals surface area contributed by atoms with Crippen molar-refractivity contribution < 1.29 is 5.11 Å². The summed E-state index contributed by atoms with van der Waals surface area (Å²) in [7, 11) is 0. The Morgan fingerprint density at radius 3 is 2.49 bits per heavy atom. The summed E-state index contributed by atoms with van der Waals surface area (Å²) in [5.41, 5.74) is 6.96. The van der Waals surface area contributed by atoms with Crippen LogP contribution in [-0.4, -0.2) is 39.3 Å². The van der Waals surface area contributed by atoms with Gasteiger partial charge >= 0.3 is 0 Å². The van der Waals surface area contributed by atoms with E-state index in [4.69, 9.17) is 9.97 Å². The molecular formula is C29H35N5O. The Balaban J connectivity index is 1.32. The van der Waals surface area contributed by atoms with Crippen molar-refractivity contribution in [1.82, 2.24) is 15.0 Å². The lowest BCUT2D eigenvalue weighted by molar-refractivity contribution is 0.145. The minimum Gasteiger partial charge on any atom is -0.393 e. The quantitative estimate of drug-likeness (QED) is 0.326. The number of piperidine rings is 1. The van der Waals surface area contributed by atoms with E-state index in [1.165, 1.54) is 22.4 Å². The average Bonchev–Trinajstić information content (AvgIpc) is 3.33. The number of aliphatic hydroxyl groups excluding tert-OH is 1. The van der Waals surface area contributed by atoms with Crippen molar-refractivity contribution in [2.75, 3.05) is 23.3 Å². The Morgan fingerprint density at radius 1 is 1.00 bits per heavy atom. The summed E-state index contributed by atoms with van der Waals surface area (Å²) in [6.07, 6.45) is 5.19. The van der Waals surface area contributed by atoms with Crippen LogP contribution in [0.3, 0.4) is 0 Å². The summed E-state index contributed by atoms with van der Waals surface area (Å²) < 4.78 is 0. The Morgan fingerprint density at radius 2 is 1.74 bits per heavy atom. The van der Waals surface area contributed by atoms with Crippen LogP contribution in [0.25, 0.3) is 11.0 Å². The third-order valence-electron chi connectivity index (χ3n) is 6.77. The molecule has 182 valence electrons. The second kappa shape index (κ2) is 10.5. The molecule has 3 heterocycles. The van der Waals surface area contributed by atoms with Crippen LogP contribution in [0.1, 0.15) is 49.2 Å². The van der Waals surface area contributed by atoms with Gasteiger partial charge < -0.3 is 20.3 Å². The van der Waals surface area contributed by atoms with E-state index in [1.54, 1.807) is 0 Å². The fraction of sp³-hybridized carbons (Fsp3) is 0.379. The first kappa shape index (κ1) is 23.4. The molecule has 0 aliphatic carbocycles. The van der Waals surface area contributed by atoms with E-state index in [0.29, 0.717) is 12.3 Å². The number of nitrogens with zero attached hydrogens (tertiary/aromatic N) is 3. The SMILES string of the molecule is CC(C)Cc1ccccc1CNc1nc(Cc2ccc(N3CCC(O)CC3)cc2)nc2cc[nH]c12. The molecule has 35 heavy (non-hydrogen) atoms. The van der Waals surface area contributed by atoms with Gasteiger partial charge in [-0.1, -0.05) is 50.2 Å². The highest BCUT2D eigenvalue weighted by Crippen LogP contribution is 2.24. The molecule has 5 rings (SSSR count). The van der Waals surface area contributed by atoms with Gasteiger partial charge in [-0.25, -0.2) is 9.97 Å². The fourth-order valence-electron chi connectivity index (χ4n) is 4.88. The number of rotatable bonds is 8. The van der Waals surface area contributed by atoms with Crippen molar-refractivity contribution >= 4 is 22.5 Å². The standard InChI is InChI=1S/C29H35N5O/c1-20(2)17-22-5-3-4-6-23(22)19-31-29-28-26(11-14-30-28)32-27(33-29)18-21-7-9-24(10-8-21)34-15-12-25(35)13-16-34/h3-11,14,20,25,30,35H,12-13,15-19H2,1-2H3,(H,31,32,33). The number of benzene rings is 2. The Bertz CT molecular complexity index is 1260. The van der Waals surface area contributed by atoms with Crippen LogP contribution in [0, 0.1) is 5.92 Å². The van der Waals surface area contributed by atoms with Crippen LogP contribution in [0.15, 0.2) is 60.8 Å². The maximum absolute atomic E-state index is 9.77. The highest BCUT2D eigenvalue weighted by Gasteiger charge is 2.17. The Hall–Kier alpha value is -3.38. The zero-order chi connectivity index (χ0) is 24.2. The van der Waals surface area contributed by atoms with Crippen LogP contribution >= 0.6 is 0 Å². The van der Waals surface area contributed by atoms with Crippen LogP contribution in [-0.2, 0) is 19.4 Å². The van der Waals surface area contributed by atoms with E-state index in [-0.39, 0.29) is 6.10 Å². The third-order valence-corrected chi connectivity index (χ3v) is 6.77. The van der Waals surface area contributed by atoms with Crippen LogP contribution < -0.4 is 10.2 Å². The summed E-state index contributed by atoms with van der Waals surface area (Å²) in [5, 5.41) is 13.3. The van der Waals surface area contributed by atoms with Crippen molar-refractivity contribution in [3.05, 3.63) is 83.3 Å². The third kappa shape index (κ3) is 5.65. The number of fused-ring (bicyclic) bond motifs is 1. The molecule has 4 aromatic rings. The van der Waals surface area contributed by atoms with E-state index in [1.807, 2.05) is 12.3 Å². The first-order valence-corrected chi connectivity index (χ1v) is 12.7. The molecule has 1 aliphatic rings. The molecule has 1 saturated heterocycles. The van der Waals surface area contributed by atoms with Crippen molar-refractivity contribution in [3.63, 3.8) is 0 Å². The van der Waals surface area contributed by atoms with E-state index < -0.39 is 0 Å². The molecule has 2 aromatic carbocycles. The van der Waals surface area contributed by atoms with Crippen LogP contribution in [0.4, 0.5) is 11.5 Å². The van der Waals surface area contributed by atoms with Gasteiger partial charge in [-0.2, -0.15) is 0 Å².